The Kier molecular flexibility index (Phi) is 5.28. The van der Waals surface area contributed by atoms with Gasteiger partial charge in [-0.15, -0.1) is 11.8 Å². The fourth-order valence-corrected chi connectivity index (χ4v) is 3.72. The largest absolute Gasteiger partial charge is 0.321 e. The molecule has 1 N–H and O–H groups in total. The van der Waals surface area contributed by atoms with Crippen molar-refractivity contribution < 1.29 is 4.79 Å². The van der Waals surface area contributed by atoms with Gasteiger partial charge in [0, 0.05) is 33.3 Å². The maximum absolute atomic E-state index is 13.2. The lowest BCUT2D eigenvalue weighted by Gasteiger charge is -2.12. The maximum Gasteiger partial charge on any atom is 0.256 e. The van der Waals surface area contributed by atoms with Gasteiger partial charge < -0.3 is 5.32 Å². The number of fused-ring (bicyclic) bond motifs is 1. The molecule has 4 rings (SSSR count). The third-order valence-corrected chi connectivity index (χ3v) is 5.38. The summed E-state index contributed by atoms with van der Waals surface area (Å²) >= 11 is 7.77. The van der Waals surface area contributed by atoms with Crippen molar-refractivity contribution in [3.8, 4) is 11.3 Å². The highest BCUT2D eigenvalue weighted by atomic mass is 35.5. The number of thioether (sulfide) groups is 1. The second-order valence-corrected chi connectivity index (χ2v) is 7.39. The summed E-state index contributed by atoms with van der Waals surface area (Å²) in [7, 11) is 0. The Morgan fingerprint density at radius 2 is 1.82 bits per heavy atom. The molecule has 0 aliphatic rings. The second kappa shape index (κ2) is 8.00. The third-order valence-electron chi connectivity index (χ3n) is 4.35. The Labute approximate surface area is 172 Å². The summed E-state index contributed by atoms with van der Waals surface area (Å²) in [5, 5.41) is 4.30. The Balaban J connectivity index is 1.84. The number of amides is 1. The van der Waals surface area contributed by atoms with Crippen LogP contribution >= 0.6 is 23.4 Å². The van der Waals surface area contributed by atoms with E-state index in [1.165, 1.54) is 0 Å². The smallest absolute Gasteiger partial charge is 0.256 e. The summed E-state index contributed by atoms with van der Waals surface area (Å²) in [5.74, 6) is -0.202. The SMILES string of the molecule is CSc1ccccc1NC(=O)c1cc(-c2ccncc2)nc2ccc(Cl)cc12. The quantitative estimate of drug-likeness (QED) is 0.428. The molecule has 0 bridgehead atoms. The molecule has 2 heterocycles. The number of aromatic nitrogens is 2. The third kappa shape index (κ3) is 3.72. The van der Waals surface area contributed by atoms with Gasteiger partial charge in [-0.2, -0.15) is 0 Å². The van der Waals surface area contributed by atoms with Crippen LogP contribution in [-0.4, -0.2) is 22.1 Å². The lowest BCUT2D eigenvalue weighted by Crippen LogP contribution is -2.13. The van der Waals surface area contributed by atoms with E-state index in [-0.39, 0.29) is 5.91 Å². The summed E-state index contributed by atoms with van der Waals surface area (Å²) in [6.07, 6.45) is 5.39. The first-order valence-corrected chi connectivity index (χ1v) is 10.2. The Morgan fingerprint density at radius 3 is 2.61 bits per heavy atom. The van der Waals surface area contributed by atoms with Crippen molar-refractivity contribution in [1.29, 1.82) is 0 Å². The molecule has 0 atom stereocenters. The van der Waals surface area contributed by atoms with Crippen molar-refractivity contribution in [2.45, 2.75) is 4.90 Å². The minimum absolute atomic E-state index is 0.202. The zero-order valence-electron chi connectivity index (χ0n) is 15.0. The Hall–Kier alpha value is -2.89. The van der Waals surface area contributed by atoms with Gasteiger partial charge in [0.05, 0.1) is 22.5 Å². The lowest BCUT2D eigenvalue weighted by atomic mass is 10.0. The van der Waals surface area contributed by atoms with Crippen molar-refractivity contribution in [1.82, 2.24) is 9.97 Å². The van der Waals surface area contributed by atoms with Crippen LogP contribution in [0.4, 0.5) is 5.69 Å². The van der Waals surface area contributed by atoms with Gasteiger partial charge in [0.2, 0.25) is 0 Å². The fourth-order valence-electron chi connectivity index (χ4n) is 2.99. The minimum Gasteiger partial charge on any atom is -0.321 e. The zero-order valence-corrected chi connectivity index (χ0v) is 16.6. The molecule has 0 unspecified atom stereocenters. The van der Waals surface area contributed by atoms with Crippen molar-refractivity contribution in [2.24, 2.45) is 0 Å². The number of benzene rings is 2. The number of carbonyl (C=O) groups excluding carboxylic acids is 1. The molecule has 4 aromatic rings. The summed E-state index contributed by atoms with van der Waals surface area (Å²) in [5.41, 5.74) is 3.61. The molecule has 0 aliphatic heterocycles. The first kappa shape index (κ1) is 18.5. The average Bonchev–Trinajstić information content (AvgIpc) is 2.74. The molecule has 0 aliphatic carbocycles. The number of hydrogen-bond acceptors (Lipinski definition) is 4. The van der Waals surface area contributed by atoms with Crippen molar-refractivity contribution in [2.75, 3.05) is 11.6 Å². The van der Waals surface area contributed by atoms with Crippen LogP contribution in [0.25, 0.3) is 22.2 Å². The monoisotopic (exact) mass is 405 g/mol. The van der Waals surface area contributed by atoms with E-state index in [0.29, 0.717) is 27.2 Å². The molecule has 138 valence electrons. The van der Waals surface area contributed by atoms with E-state index in [2.05, 4.69) is 10.3 Å². The van der Waals surface area contributed by atoms with Crippen LogP contribution in [0, 0.1) is 0 Å². The molecule has 6 heteroatoms. The van der Waals surface area contributed by atoms with Gasteiger partial charge in [0.25, 0.3) is 5.91 Å². The zero-order chi connectivity index (χ0) is 19.5. The van der Waals surface area contributed by atoms with Gasteiger partial charge in [0.15, 0.2) is 0 Å². The van der Waals surface area contributed by atoms with Crippen molar-refractivity contribution >= 4 is 45.9 Å². The van der Waals surface area contributed by atoms with Crippen molar-refractivity contribution in [3.05, 3.63) is 83.6 Å². The molecule has 2 aromatic heterocycles. The molecule has 1 amide bonds. The van der Waals surface area contributed by atoms with Gasteiger partial charge in [-0.05, 0) is 54.8 Å². The molecule has 0 radical (unpaired) electrons. The Morgan fingerprint density at radius 1 is 1.04 bits per heavy atom. The van der Waals surface area contributed by atoms with Crippen LogP contribution in [0.3, 0.4) is 0 Å². The molecule has 0 fully saturated rings. The number of para-hydroxylation sites is 1. The van der Waals surface area contributed by atoms with E-state index in [1.807, 2.05) is 48.7 Å². The molecular weight excluding hydrogens is 390 g/mol. The lowest BCUT2D eigenvalue weighted by molar-refractivity contribution is 0.102. The van der Waals surface area contributed by atoms with Crippen LogP contribution in [0.5, 0.6) is 0 Å². The summed E-state index contributed by atoms with van der Waals surface area (Å²) in [6.45, 7) is 0. The molecule has 28 heavy (non-hydrogen) atoms. The predicted molar refractivity (Wildman–Crippen MR) is 116 cm³/mol. The van der Waals surface area contributed by atoms with Gasteiger partial charge >= 0.3 is 0 Å². The summed E-state index contributed by atoms with van der Waals surface area (Å²) < 4.78 is 0. The van der Waals surface area contributed by atoms with E-state index in [4.69, 9.17) is 16.6 Å². The number of rotatable bonds is 4. The van der Waals surface area contributed by atoms with E-state index < -0.39 is 0 Å². The highest BCUT2D eigenvalue weighted by molar-refractivity contribution is 7.98. The fraction of sp³-hybridized carbons (Fsp3) is 0.0455. The van der Waals surface area contributed by atoms with E-state index in [1.54, 1.807) is 42.4 Å². The number of halogens is 1. The van der Waals surface area contributed by atoms with Crippen LogP contribution in [-0.2, 0) is 0 Å². The van der Waals surface area contributed by atoms with Gasteiger partial charge in [-0.1, -0.05) is 23.7 Å². The predicted octanol–water partition coefficient (Wildman–Crippen LogP) is 5.92. The highest BCUT2D eigenvalue weighted by Crippen LogP contribution is 2.29. The first-order chi connectivity index (χ1) is 13.7. The maximum atomic E-state index is 13.2. The van der Waals surface area contributed by atoms with E-state index in [9.17, 15) is 4.79 Å². The number of carbonyl (C=O) groups is 1. The summed E-state index contributed by atoms with van der Waals surface area (Å²) in [6, 6.07) is 18.6. The summed E-state index contributed by atoms with van der Waals surface area (Å²) in [4.78, 5) is 22.9. The minimum atomic E-state index is -0.202. The topological polar surface area (TPSA) is 54.9 Å². The second-order valence-electron chi connectivity index (χ2n) is 6.11. The molecule has 2 aromatic carbocycles. The number of hydrogen-bond donors (Lipinski definition) is 1. The van der Waals surface area contributed by atoms with Crippen LogP contribution in [0.1, 0.15) is 10.4 Å². The average molecular weight is 406 g/mol. The van der Waals surface area contributed by atoms with Gasteiger partial charge in [-0.3, -0.25) is 9.78 Å². The Bertz CT molecular complexity index is 1170. The molecule has 0 saturated carbocycles. The van der Waals surface area contributed by atoms with Crippen LogP contribution in [0.2, 0.25) is 5.02 Å². The van der Waals surface area contributed by atoms with Crippen LogP contribution in [0.15, 0.2) is 78.0 Å². The number of pyridine rings is 2. The normalized spacial score (nSPS) is 10.8. The molecule has 0 spiro atoms. The number of nitrogens with one attached hydrogen (secondary N) is 1. The number of anilines is 1. The number of nitrogens with zero attached hydrogens (tertiary/aromatic N) is 2. The van der Waals surface area contributed by atoms with E-state index in [0.717, 1.165) is 16.1 Å². The molecular formula is C22H16ClN3OS. The first-order valence-electron chi connectivity index (χ1n) is 8.61. The van der Waals surface area contributed by atoms with E-state index >= 15 is 0 Å². The van der Waals surface area contributed by atoms with Gasteiger partial charge in [0.1, 0.15) is 0 Å². The van der Waals surface area contributed by atoms with Crippen LogP contribution < -0.4 is 5.32 Å². The molecule has 0 saturated heterocycles. The molecule has 4 nitrogen and oxygen atoms in total. The van der Waals surface area contributed by atoms with Gasteiger partial charge in [-0.25, -0.2) is 4.98 Å². The highest BCUT2D eigenvalue weighted by Gasteiger charge is 2.16. The van der Waals surface area contributed by atoms with Crippen molar-refractivity contribution in [3.63, 3.8) is 0 Å². The standard InChI is InChI=1S/C22H16ClN3OS/c1-28-21-5-3-2-4-19(21)26-22(27)17-13-20(14-8-10-24-11-9-14)25-18-7-6-15(23)12-16(17)18/h2-13H,1H3,(H,26,27).